The minimum atomic E-state index is -0.233. The van der Waals surface area contributed by atoms with Crippen LogP contribution in [-0.4, -0.2) is 29.5 Å². The minimum Gasteiger partial charge on any atom is -0.354 e. The molecule has 2 N–H and O–H groups in total. The molecule has 0 unspecified atom stereocenters. The molecule has 0 atom stereocenters. The molecule has 2 amide bonds. The molecule has 0 fully saturated rings. The Kier molecular flexibility index (Phi) is 6.78. The first kappa shape index (κ1) is 16.8. The molecular weight excluding hydrogens is 322 g/mol. The van der Waals surface area contributed by atoms with Crippen molar-refractivity contribution >= 4 is 27.7 Å². The molecule has 1 aromatic rings. The zero-order valence-corrected chi connectivity index (χ0v) is 13.8. The van der Waals surface area contributed by atoms with E-state index in [2.05, 4.69) is 33.5 Å². The predicted octanol–water partition coefficient (Wildman–Crippen LogP) is 2.16. The maximum Gasteiger partial charge on any atom is 0.268 e. The van der Waals surface area contributed by atoms with Crippen molar-refractivity contribution in [3.8, 4) is 0 Å². The molecule has 1 heterocycles. The predicted molar refractivity (Wildman–Crippen MR) is 82.6 cm³/mol. The molecule has 0 bridgehead atoms. The van der Waals surface area contributed by atoms with Crippen LogP contribution in [0.5, 0.6) is 0 Å². The van der Waals surface area contributed by atoms with E-state index >= 15 is 0 Å². The number of nitrogens with one attached hydrogen (secondary N) is 2. The van der Waals surface area contributed by atoms with E-state index in [1.54, 1.807) is 6.07 Å². The second kappa shape index (κ2) is 8.09. The maximum atomic E-state index is 12.1. The van der Waals surface area contributed by atoms with Crippen LogP contribution in [0.15, 0.2) is 16.7 Å². The summed E-state index contributed by atoms with van der Waals surface area (Å²) in [6.45, 7) is 7.48. The van der Waals surface area contributed by atoms with Gasteiger partial charge >= 0.3 is 0 Å². The van der Waals surface area contributed by atoms with Crippen molar-refractivity contribution in [1.82, 2.24) is 15.2 Å². The van der Waals surface area contributed by atoms with Gasteiger partial charge in [0.15, 0.2) is 0 Å². The van der Waals surface area contributed by atoms with E-state index < -0.39 is 0 Å². The van der Waals surface area contributed by atoms with Gasteiger partial charge in [0.05, 0.1) is 6.54 Å². The van der Waals surface area contributed by atoms with Gasteiger partial charge in [0.2, 0.25) is 5.91 Å². The number of aryl methyl sites for hydroxylation is 1. The number of amides is 2. The molecule has 1 rings (SSSR count). The van der Waals surface area contributed by atoms with Crippen molar-refractivity contribution in [1.29, 1.82) is 0 Å². The van der Waals surface area contributed by atoms with Gasteiger partial charge in [0.1, 0.15) is 5.69 Å². The van der Waals surface area contributed by atoms with Crippen molar-refractivity contribution in [2.24, 2.45) is 5.92 Å². The monoisotopic (exact) mass is 343 g/mol. The van der Waals surface area contributed by atoms with Gasteiger partial charge in [-0.15, -0.1) is 0 Å². The quantitative estimate of drug-likeness (QED) is 0.796. The minimum absolute atomic E-state index is 0.000474. The number of halogens is 1. The summed E-state index contributed by atoms with van der Waals surface area (Å²) in [5.74, 6) is -0.00375. The lowest BCUT2D eigenvalue weighted by Crippen LogP contribution is -2.38. The van der Waals surface area contributed by atoms with Gasteiger partial charge in [-0.1, -0.05) is 20.8 Å². The second-order valence-corrected chi connectivity index (χ2v) is 6.03. The van der Waals surface area contributed by atoms with Crippen LogP contribution in [0.25, 0.3) is 0 Å². The van der Waals surface area contributed by atoms with Crippen LogP contribution in [0.3, 0.4) is 0 Å². The highest BCUT2D eigenvalue weighted by Crippen LogP contribution is 2.15. The van der Waals surface area contributed by atoms with Gasteiger partial charge < -0.3 is 15.2 Å². The van der Waals surface area contributed by atoms with E-state index in [4.69, 9.17) is 0 Å². The summed E-state index contributed by atoms with van der Waals surface area (Å²) in [4.78, 5) is 23.6. The first-order chi connectivity index (χ1) is 9.43. The summed E-state index contributed by atoms with van der Waals surface area (Å²) in [6.07, 6.45) is 2.81. The van der Waals surface area contributed by atoms with Crippen LogP contribution in [0.4, 0.5) is 0 Å². The van der Waals surface area contributed by atoms with Gasteiger partial charge in [0, 0.05) is 23.8 Å². The lowest BCUT2D eigenvalue weighted by Gasteiger charge is -2.10. The molecule has 0 aliphatic carbocycles. The molecule has 6 heteroatoms. The highest BCUT2D eigenvalue weighted by atomic mass is 79.9. The first-order valence-corrected chi connectivity index (χ1v) is 7.64. The normalized spacial score (nSPS) is 10.7. The Hall–Kier alpha value is -1.30. The van der Waals surface area contributed by atoms with Crippen LogP contribution in [0.2, 0.25) is 0 Å². The molecule has 0 spiro atoms. The lowest BCUT2D eigenvalue weighted by molar-refractivity contribution is -0.120. The first-order valence-electron chi connectivity index (χ1n) is 6.84. The zero-order chi connectivity index (χ0) is 15.1. The molecule has 0 aromatic carbocycles. The number of hydrogen-bond acceptors (Lipinski definition) is 2. The molecular formula is C14H22BrN3O2. The third kappa shape index (κ3) is 5.36. The van der Waals surface area contributed by atoms with Crippen LogP contribution in [0.1, 0.15) is 37.7 Å². The molecule has 0 aliphatic rings. The Bertz CT molecular complexity index is 469. The molecule has 0 saturated carbocycles. The molecule has 1 aromatic heterocycles. The molecule has 112 valence electrons. The average Bonchev–Trinajstić information content (AvgIpc) is 2.75. The van der Waals surface area contributed by atoms with Crippen molar-refractivity contribution in [2.75, 3.05) is 13.1 Å². The standard InChI is InChI=1S/C14H22BrN3O2/c1-4-5-18-9-11(15)6-12(18)14(20)17-8-13(19)16-7-10(2)3/h6,9-10H,4-5,7-8H2,1-3H3,(H,16,19)(H,17,20). The summed E-state index contributed by atoms with van der Waals surface area (Å²) in [6, 6.07) is 1.76. The smallest absolute Gasteiger partial charge is 0.268 e. The summed E-state index contributed by atoms with van der Waals surface area (Å²) in [5.41, 5.74) is 0.565. The SMILES string of the molecule is CCCn1cc(Br)cc1C(=O)NCC(=O)NCC(C)C. The number of nitrogens with zero attached hydrogens (tertiary/aromatic N) is 1. The Labute approximate surface area is 128 Å². The number of hydrogen-bond donors (Lipinski definition) is 2. The average molecular weight is 344 g/mol. The van der Waals surface area contributed by atoms with E-state index in [9.17, 15) is 9.59 Å². The number of carbonyl (C=O) groups is 2. The molecule has 0 radical (unpaired) electrons. The third-order valence-electron chi connectivity index (χ3n) is 2.68. The highest BCUT2D eigenvalue weighted by molar-refractivity contribution is 9.10. The van der Waals surface area contributed by atoms with Crippen molar-refractivity contribution in [3.63, 3.8) is 0 Å². The van der Waals surface area contributed by atoms with E-state index in [1.807, 2.05) is 24.6 Å². The molecule has 20 heavy (non-hydrogen) atoms. The van der Waals surface area contributed by atoms with Gasteiger partial charge in [-0.3, -0.25) is 9.59 Å². The van der Waals surface area contributed by atoms with Crippen LogP contribution >= 0.6 is 15.9 Å². The largest absolute Gasteiger partial charge is 0.354 e. The Balaban J connectivity index is 2.52. The lowest BCUT2D eigenvalue weighted by atomic mass is 10.2. The second-order valence-electron chi connectivity index (χ2n) is 5.12. The van der Waals surface area contributed by atoms with E-state index in [1.165, 1.54) is 0 Å². The maximum absolute atomic E-state index is 12.1. The van der Waals surface area contributed by atoms with Crippen molar-refractivity contribution < 1.29 is 9.59 Å². The highest BCUT2D eigenvalue weighted by Gasteiger charge is 2.13. The fraction of sp³-hybridized carbons (Fsp3) is 0.571. The summed E-state index contributed by atoms with van der Waals surface area (Å²) >= 11 is 3.36. The van der Waals surface area contributed by atoms with Gasteiger partial charge in [-0.05, 0) is 34.3 Å². The summed E-state index contributed by atoms with van der Waals surface area (Å²) in [5, 5.41) is 5.41. The van der Waals surface area contributed by atoms with Gasteiger partial charge in [-0.25, -0.2) is 0 Å². The number of aromatic nitrogens is 1. The third-order valence-corrected chi connectivity index (χ3v) is 3.11. The summed E-state index contributed by atoms with van der Waals surface area (Å²) < 4.78 is 2.74. The Morgan fingerprint density at radius 3 is 2.65 bits per heavy atom. The van der Waals surface area contributed by atoms with Gasteiger partial charge in [-0.2, -0.15) is 0 Å². The number of rotatable bonds is 7. The fourth-order valence-corrected chi connectivity index (χ4v) is 2.19. The van der Waals surface area contributed by atoms with Crippen molar-refractivity contribution in [2.45, 2.75) is 33.7 Å². The van der Waals surface area contributed by atoms with Crippen molar-refractivity contribution in [3.05, 3.63) is 22.4 Å². The Morgan fingerprint density at radius 1 is 1.35 bits per heavy atom. The fourth-order valence-electron chi connectivity index (χ4n) is 1.72. The van der Waals surface area contributed by atoms with Gasteiger partial charge in [0.25, 0.3) is 5.91 Å². The molecule has 0 saturated heterocycles. The topological polar surface area (TPSA) is 63.1 Å². The molecule has 0 aliphatic heterocycles. The number of carbonyl (C=O) groups excluding carboxylic acids is 2. The van der Waals surface area contributed by atoms with E-state index in [0.717, 1.165) is 17.4 Å². The van der Waals surface area contributed by atoms with E-state index in [-0.39, 0.29) is 18.4 Å². The van der Waals surface area contributed by atoms with E-state index in [0.29, 0.717) is 18.2 Å². The zero-order valence-electron chi connectivity index (χ0n) is 12.2. The van der Waals surface area contributed by atoms with Crippen LogP contribution < -0.4 is 10.6 Å². The molecule has 5 nitrogen and oxygen atoms in total. The van der Waals surface area contributed by atoms with Crippen LogP contribution in [-0.2, 0) is 11.3 Å². The van der Waals surface area contributed by atoms with Crippen LogP contribution in [0, 0.1) is 5.92 Å². The summed E-state index contributed by atoms with van der Waals surface area (Å²) in [7, 11) is 0. The Morgan fingerprint density at radius 2 is 2.05 bits per heavy atom.